The number of carbonyl (C=O) groups is 1. The molecular weight excluding hydrogens is 204 g/mol. The van der Waals surface area contributed by atoms with Crippen molar-refractivity contribution in [3.05, 3.63) is 18.1 Å². The van der Waals surface area contributed by atoms with E-state index in [1.54, 1.807) is 13.2 Å². The van der Waals surface area contributed by atoms with Crippen LogP contribution in [0.2, 0.25) is 0 Å². The van der Waals surface area contributed by atoms with Gasteiger partial charge < -0.3 is 4.74 Å². The predicted octanol–water partition coefficient (Wildman–Crippen LogP) is 2.03. The molecule has 0 saturated carbocycles. The molecule has 0 amide bonds. The highest BCUT2D eigenvalue weighted by Gasteiger charge is 2.13. The van der Waals surface area contributed by atoms with E-state index >= 15 is 0 Å². The second-order valence-corrected chi connectivity index (χ2v) is 3.88. The van der Waals surface area contributed by atoms with Crippen LogP contribution < -0.4 is 4.74 Å². The summed E-state index contributed by atoms with van der Waals surface area (Å²) in [5, 5.41) is 0. The molecule has 0 bridgehead atoms. The van der Waals surface area contributed by atoms with Crippen LogP contribution in [0.15, 0.2) is 12.4 Å². The number of rotatable bonds is 6. The highest BCUT2D eigenvalue weighted by atomic mass is 16.5. The van der Waals surface area contributed by atoms with Gasteiger partial charge in [-0.25, -0.2) is 9.97 Å². The predicted molar refractivity (Wildman–Crippen MR) is 61.4 cm³/mol. The van der Waals surface area contributed by atoms with Crippen LogP contribution in [0, 0.1) is 5.92 Å². The lowest BCUT2D eigenvalue weighted by molar-refractivity contribution is -0.121. The maximum absolute atomic E-state index is 11.8. The molecule has 0 fully saturated rings. The van der Waals surface area contributed by atoms with Crippen LogP contribution in [0.1, 0.15) is 32.4 Å². The second-order valence-electron chi connectivity index (χ2n) is 3.88. The van der Waals surface area contributed by atoms with Crippen molar-refractivity contribution in [2.75, 3.05) is 7.11 Å². The topological polar surface area (TPSA) is 52.1 Å². The van der Waals surface area contributed by atoms with Gasteiger partial charge >= 0.3 is 0 Å². The Hall–Kier alpha value is -1.45. The summed E-state index contributed by atoms with van der Waals surface area (Å²) in [6, 6.07) is 1.70. The van der Waals surface area contributed by atoms with E-state index in [1.165, 1.54) is 6.33 Å². The van der Waals surface area contributed by atoms with Crippen molar-refractivity contribution in [3.8, 4) is 5.88 Å². The molecule has 1 heterocycles. The van der Waals surface area contributed by atoms with Gasteiger partial charge in [-0.2, -0.15) is 0 Å². The average Bonchev–Trinajstić information content (AvgIpc) is 2.29. The van der Waals surface area contributed by atoms with Gasteiger partial charge in [-0.05, 0) is 6.42 Å². The first-order valence-corrected chi connectivity index (χ1v) is 5.55. The second kappa shape index (κ2) is 6.20. The smallest absolute Gasteiger partial charge is 0.216 e. The Morgan fingerprint density at radius 3 is 2.88 bits per heavy atom. The molecule has 1 aromatic heterocycles. The number of ketones is 1. The molecule has 4 heteroatoms. The van der Waals surface area contributed by atoms with Crippen LogP contribution in [0.5, 0.6) is 5.88 Å². The van der Waals surface area contributed by atoms with Gasteiger partial charge in [-0.15, -0.1) is 0 Å². The third-order valence-electron chi connectivity index (χ3n) is 2.53. The summed E-state index contributed by atoms with van der Waals surface area (Å²) in [4.78, 5) is 19.8. The van der Waals surface area contributed by atoms with Crippen molar-refractivity contribution in [3.63, 3.8) is 0 Å². The average molecular weight is 222 g/mol. The number of Topliss-reactive ketones (excluding diaryl/α,β-unsaturated/α-hetero) is 1. The third-order valence-corrected chi connectivity index (χ3v) is 2.53. The Balaban J connectivity index is 2.61. The van der Waals surface area contributed by atoms with Gasteiger partial charge in [0.25, 0.3) is 0 Å². The van der Waals surface area contributed by atoms with Gasteiger partial charge in [0, 0.05) is 18.4 Å². The van der Waals surface area contributed by atoms with E-state index in [9.17, 15) is 4.79 Å². The fourth-order valence-corrected chi connectivity index (χ4v) is 1.53. The molecule has 0 aliphatic heterocycles. The van der Waals surface area contributed by atoms with Gasteiger partial charge in [0.05, 0.1) is 12.8 Å². The largest absolute Gasteiger partial charge is 0.481 e. The van der Waals surface area contributed by atoms with Crippen molar-refractivity contribution < 1.29 is 9.53 Å². The Kier molecular flexibility index (Phi) is 4.89. The zero-order valence-electron chi connectivity index (χ0n) is 10.1. The van der Waals surface area contributed by atoms with Crippen LogP contribution in [0.25, 0.3) is 0 Å². The number of methoxy groups -OCH3 is 1. The van der Waals surface area contributed by atoms with E-state index < -0.39 is 0 Å². The molecular formula is C12H18N2O2. The van der Waals surface area contributed by atoms with Gasteiger partial charge in [-0.3, -0.25) is 4.79 Å². The first-order valence-electron chi connectivity index (χ1n) is 5.55. The summed E-state index contributed by atoms with van der Waals surface area (Å²) in [6.07, 6.45) is 3.74. The lowest BCUT2D eigenvalue weighted by Crippen LogP contribution is -2.14. The number of ether oxygens (including phenoxy) is 1. The maximum Gasteiger partial charge on any atom is 0.216 e. The van der Waals surface area contributed by atoms with Crippen molar-refractivity contribution in [1.82, 2.24) is 9.97 Å². The molecule has 0 spiro atoms. The normalized spacial score (nSPS) is 12.2. The fourth-order valence-electron chi connectivity index (χ4n) is 1.53. The minimum Gasteiger partial charge on any atom is -0.481 e. The maximum atomic E-state index is 11.8. The molecule has 1 aromatic rings. The van der Waals surface area contributed by atoms with E-state index in [1.807, 2.05) is 6.92 Å². The van der Waals surface area contributed by atoms with E-state index in [-0.39, 0.29) is 11.7 Å². The molecule has 0 N–H and O–H groups in total. The van der Waals surface area contributed by atoms with Crippen LogP contribution in [0.4, 0.5) is 0 Å². The Labute approximate surface area is 96.1 Å². The molecule has 1 atom stereocenters. The number of aromatic nitrogens is 2. The molecule has 0 aromatic carbocycles. The van der Waals surface area contributed by atoms with E-state index in [2.05, 4.69) is 16.9 Å². The van der Waals surface area contributed by atoms with Crippen LogP contribution in [0.3, 0.4) is 0 Å². The lowest BCUT2D eigenvalue weighted by atomic mass is 9.98. The summed E-state index contributed by atoms with van der Waals surface area (Å²) < 4.78 is 4.98. The molecule has 0 radical (unpaired) electrons. The van der Waals surface area contributed by atoms with Crippen molar-refractivity contribution >= 4 is 5.78 Å². The van der Waals surface area contributed by atoms with E-state index in [4.69, 9.17) is 4.74 Å². The summed E-state index contributed by atoms with van der Waals surface area (Å²) in [5.74, 6) is 0.828. The summed E-state index contributed by atoms with van der Waals surface area (Å²) >= 11 is 0. The molecule has 1 rings (SSSR count). The Bertz CT molecular complexity index is 353. The van der Waals surface area contributed by atoms with Gasteiger partial charge in [0.2, 0.25) is 5.88 Å². The third kappa shape index (κ3) is 3.61. The minimum atomic E-state index is 0.103. The lowest BCUT2D eigenvalue weighted by Gasteiger charge is -2.08. The standard InChI is InChI=1S/C12H18N2O2/c1-4-5-9(2)11(15)6-10-7-12(16-3)14-8-13-10/h7-9H,4-6H2,1-3H3. The molecule has 0 aliphatic rings. The first kappa shape index (κ1) is 12.6. The zero-order valence-corrected chi connectivity index (χ0v) is 10.1. The van der Waals surface area contributed by atoms with Crippen molar-refractivity contribution in [1.29, 1.82) is 0 Å². The molecule has 16 heavy (non-hydrogen) atoms. The quantitative estimate of drug-likeness (QED) is 0.739. The monoisotopic (exact) mass is 222 g/mol. The summed E-state index contributed by atoms with van der Waals surface area (Å²) in [6.45, 7) is 4.04. The van der Waals surface area contributed by atoms with Gasteiger partial charge in [0.15, 0.2) is 0 Å². The van der Waals surface area contributed by atoms with Crippen molar-refractivity contribution in [2.24, 2.45) is 5.92 Å². The van der Waals surface area contributed by atoms with E-state index in [0.717, 1.165) is 18.5 Å². The van der Waals surface area contributed by atoms with Crippen molar-refractivity contribution in [2.45, 2.75) is 33.1 Å². The van der Waals surface area contributed by atoms with Crippen LogP contribution in [-0.4, -0.2) is 22.9 Å². The summed E-state index contributed by atoms with van der Waals surface area (Å²) in [5.41, 5.74) is 0.722. The zero-order chi connectivity index (χ0) is 12.0. The highest BCUT2D eigenvalue weighted by molar-refractivity contribution is 5.82. The SMILES string of the molecule is CCCC(C)C(=O)Cc1cc(OC)ncn1. The fraction of sp³-hybridized carbons (Fsp3) is 0.583. The molecule has 88 valence electrons. The number of hydrogen-bond donors (Lipinski definition) is 0. The van der Waals surface area contributed by atoms with Crippen LogP contribution >= 0.6 is 0 Å². The Morgan fingerprint density at radius 2 is 2.25 bits per heavy atom. The minimum absolute atomic E-state index is 0.103. The van der Waals surface area contributed by atoms with Crippen LogP contribution in [-0.2, 0) is 11.2 Å². The van der Waals surface area contributed by atoms with Gasteiger partial charge in [0.1, 0.15) is 12.1 Å². The summed E-state index contributed by atoms with van der Waals surface area (Å²) in [7, 11) is 1.55. The molecule has 1 unspecified atom stereocenters. The molecule has 0 saturated heterocycles. The Morgan fingerprint density at radius 1 is 1.50 bits per heavy atom. The first-order chi connectivity index (χ1) is 7.67. The number of hydrogen-bond acceptors (Lipinski definition) is 4. The number of nitrogens with zero attached hydrogens (tertiary/aromatic N) is 2. The van der Waals surface area contributed by atoms with E-state index in [0.29, 0.717) is 12.3 Å². The molecule has 4 nitrogen and oxygen atoms in total. The molecule has 0 aliphatic carbocycles. The highest BCUT2D eigenvalue weighted by Crippen LogP contribution is 2.12. The number of carbonyl (C=O) groups excluding carboxylic acids is 1. The van der Waals surface area contributed by atoms with Gasteiger partial charge in [-0.1, -0.05) is 20.3 Å².